The molecule has 1 amide bonds. The average Bonchev–Trinajstić information content (AvgIpc) is 2.59. The molecule has 0 saturated carbocycles. The number of hydrogen-bond donors (Lipinski definition) is 0. The lowest BCUT2D eigenvalue weighted by Crippen LogP contribution is -2.35. The van der Waals surface area contributed by atoms with Crippen LogP contribution in [0.15, 0.2) is 0 Å². The Balaban J connectivity index is 2.57. The van der Waals surface area contributed by atoms with Crippen molar-refractivity contribution in [2.45, 2.75) is 46.1 Å². The quantitative estimate of drug-likeness (QED) is 0.713. The fraction of sp³-hybridized carbons (Fsp3) is 0.846. The molecule has 0 aromatic carbocycles. The van der Waals surface area contributed by atoms with Crippen LogP contribution in [0.1, 0.15) is 40.5 Å². The Morgan fingerprint density at radius 2 is 2.06 bits per heavy atom. The largest absolute Gasteiger partial charge is 0.444 e. The first kappa shape index (κ1) is 14.0. The molecule has 0 N–H and O–H groups in total. The molecule has 1 fully saturated rings. The van der Waals surface area contributed by atoms with E-state index in [-0.39, 0.29) is 12.0 Å². The summed E-state index contributed by atoms with van der Waals surface area (Å²) in [5.41, 5.74) is -0.476. The zero-order chi connectivity index (χ0) is 13.1. The first-order valence-electron chi connectivity index (χ1n) is 6.30. The Labute approximate surface area is 103 Å². The number of nitrogens with zero attached hydrogens (tertiary/aromatic N) is 1. The zero-order valence-corrected chi connectivity index (χ0v) is 11.2. The van der Waals surface area contributed by atoms with E-state index >= 15 is 0 Å². The number of hydrogen-bond acceptors (Lipinski definition) is 3. The van der Waals surface area contributed by atoms with Crippen molar-refractivity contribution in [3.63, 3.8) is 0 Å². The minimum atomic E-state index is -0.476. The van der Waals surface area contributed by atoms with Gasteiger partial charge in [-0.15, -0.1) is 0 Å². The molecule has 0 aromatic heterocycles. The molecule has 1 rings (SSSR count). The van der Waals surface area contributed by atoms with Gasteiger partial charge >= 0.3 is 6.09 Å². The first-order valence-corrected chi connectivity index (χ1v) is 6.30. The van der Waals surface area contributed by atoms with E-state index in [4.69, 9.17) is 4.74 Å². The standard InChI is InChI=1S/C13H23NO3/c1-5-6-10-7-14(8-11(10)9-15)12(16)17-13(2,3)4/h9-11H,5-8H2,1-4H3. The molecule has 2 atom stereocenters. The number of carbonyl (C=O) groups excluding carboxylic acids is 2. The predicted octanol–water partition coefficient (Wildman–Crippen LogP) is 2.47. The fourth-order valence-corrected chi connectivity index (χ4v) is 2.20. The molecule has 2 unspecified atom stereocenters. The minimum Gasteiger partial charge on any atom is -0.444 e. The number of rotatable bonds is 3. The van der Waals surface area contributed by atoms with Gasteiger partial charge in [0.2, 0.25) is 0 Å². The van der Waals surface area contributed by atoms with E-state index in [0.29, 0.717) is 19.0 Å². The maximum atomic E-state index is 11.9. The van der Waals surface area contributed by atoms with Gasteiger partial charge in [0.15, 0.2) is 0 Å². The van der Waals surface area contributed by atoms with Crippen LogP contribution in [0.2, 0.25) is 0 Å². The van der Waals surface area contributed by atoms with Crippen molar-refractivity contribution in [2.24, 2.45) is 11.8 Å². The van der Waals surface area contributed by atoms with Crippen LogP contribution < -0.4 is 0 Å². The third kappa shape index (κ3) is 4.02. The van der Waals surface area contributed by atoms with E-state index in [1.54, 1.807) is 4.90 Å². The van der Waals surface area contributed by atoms with E-state index < -0.39 is 5.60 Å². The molecule has 98 valence electrons. The molecular weight excluding hydrogens is 218 g/mol. The van der Waals surface area contributed by atoms with Gasteiger partial charge < -0.3 is 14.4 Å². The summed E-state index contributed by atoms with van der Waals surface area (Å²) in [4.78, 5) is 24.5. The average molecular weight is 241 g/mol. The molecule has 0 aromatic rings. The highest BCUT2D eigenvalue weighted by Gasteiger charge is 2.36. The lowest BCUT2D eigenvalue weighted by Gasteiger charge is -2.24. The van der Waals surface area contributed by atoms with E-state index in [1.165, 1.54) is 0 Å². The highest BCUT2D eigenvalue weighted by Crippen LogP contribution is 2.27. The van der Waals surface area contributed by atoms with Crippen LogP contribution in [-0.2, 0) is 9.53 Å². The van der Waals surface area contributed by atoms with Gasteiger partial charge in [-0.3, -0.25) is 0 Å². The Kier molecular flexibility index (Phi) is 4.54. The molecular formula is C13H23NO3. The number of likely N-dealkylation sites (tertiary alicyclic amines) is 1. The molecule has 4 nitrogen and oxygen atoms in total. The summed E-state index contributed by atoms with van der Waals surface area (Å²) < 4.78 is 5.31. The van der Waals surface area contributed by atoms with E-state index in [0.717, 1.165) is 19.1 Å². The lowest BCUT2D eigenvalue weighted by atomic mass is 9.93. The number of carbonyl (C=O) groups is 2. The highest BCUT2D eigenvalue weighted by molar-refractivity contribution is 5.70. The van der Waals surface area contributed by atoms with Gasteiger partial charge in [0, 0.05) is 19.0 Å². The summed E-state index contributed by atoms with van der Waals surface area (Å²) in [6, 6.07) is 0. The Hall–Kier alpha value is -1.06. The molecule has 0 spiro atoms. The summed E-state index contributed by atoms with van der Waals surface area (Å²) in [6.07, 6.45) is 2.70. The Morgan fingerprint density at radius 3 is 2.53 bits per heavy atom. The van der Waals surface area contributed by atoms with Crippen LogP contribution >= 0.6 is 0 Å². The molecule has 0 aliphatic carbocycles. The summed E-state index contributed by atoms with van der Waals surface area (Å²) >= 11 is 0. The first-order chi connectivity index (χ1) is 7.87. The summed E-state index contributed by atoms with van der Waals surface area (Å²) in [5.74, 6) is 0.271. The second-order valence-electron chi connectivity index (χ2n) is 5.73. The van der Waals surface area contributed by atoms with Crippen molar-refractivity contribution < 1.29 is 14.3 Å². The van der Waals surface area contributed by atoms with Crippen molar-refractivity contribution in [1.29, 1.82) is 0 Å². The van der Waals surface area contributed by atoms with Crippen LogP contribution in [0.3, 0.4) is 0 Å². The minimum absolute atomic E-state index is 0.0255. The van der Waals surface area contributed by atoms with Gasteiger partial charge in [-0.2, -0.15) is 0 Å². The summed E-state index contributed by atoms with van der Waals surface area (Å²) in [6.45, 7) is 8.79. The molecule has 1 aliphatic heterocycles. The van der Waals surface area contributed by atoms with E-state index in [2.05, 4.69) is 6.92 Å². The number of ether oxygens (including phenoxy) is 1. The van der Waals surface area contributed by atoms with Gasteiger partial charge in [-0.05, 0) is 33.1 Å². The van der Waals surface area contributed by atoms with Gasteiger partial charge in [-0.25, -0.2) is 4.79 Å². The number of aldehydes is 1. The van der Waals surface area contributed by atoms with Crippen molar-refractivity contribution in [3.05, 3.63) is 0 Å². The Bertz CT molecular complexity index is 283. The van der Waals surface area contributed by atoms with Gasteiger partial charge in [0.05, 0.1) is 0 Å². The van der Waals surface area contributed by atoms with Crippen molar-refractivity contribution in [1.82, 2.24) is 4.90 Å². The molecule has 1 aliphatic rings. The highest BCUT2D eigenvalue weighted by atomic mass is 16.6. The molecule has 4 heteroatoms. The van der Waals surface area contributed by atoms with Gasteiger partial charge in [0.25, 0.3) is 0 Å². The fourth-order valence-electron chi connectivity index (χ4n) is 2.20. The molecule has 0 radical (unpaired) electrons. The van der Waals surface area contributed by atoms with Crippen molar-refractivity contribution in [2.75, 3.05) is 13.1 Å². The monoisotopic (exact) mass is 241 g/mol. The molecule has 17 heavy (non-hydrogen) atoms. The van der Waals surface area contributed by atoms with Crippen LogP contribution in [0.4, 0.5) is 4.79 Å². The topological polar surface area (TPSA) is 46.6 Å². The normalized spacial score (nSPS) is 24.8. The summed E-state index contributed by atoms with van der Waals surface area (Å²) in [7, 11) is 0. The van der Waals surface area contributed by atoms with Crippen LogP contribution in [0.5, 0.6) is 0 Å². The second kappa shape index (κ2) is 5.52. The number of amides is 1. The zero-order valence-electron chi connectivity index (χ0n) is 11.2. The second-order valence-corrected chi connectivity index (χ2v) is 5.73. The smallest absolute Gasteiger partial charge is 0.410 e. The SMILES string of the molecule is CCCC1CN(C(=O)OC(C)(C)C)CC1C=O. The molecule has 1 heterocycles. The van der Waals surface area contributed by atoms with Crippen LogP contribution in [0.25, 0.3) is 0 Å². The van der Waals surface area contributed by atoms with Crippen molar-refractivity contribution in [3.8, 4) is 0 Å². The van der Waals surface area contributed by atoms with E-state index in [9.17, 15) is 9.59 Å². The van der Waals surface area contributed by atoms with Crippen LogP contribution in [-0.4, -0.2) is 36.0 Å². The van der Waals surface area contributed by atoms with E-state index in [1.807, 2.05) is 20.8 Å². The third-order valence-corrected chi connectivity index (χ3v) is 2.98. The van der Waals surface area contributed by atoms with Crippen molar-refractivity contribution >= 4 is 12.4 Å². The predicted molar refractivity (Wildman–Crippen MR) is 65.8 cm³/mol. The van der Waals surface area contributed by atoms with Crippen LogP contribution in [0, 0.1) is 11.8 Å². The molecule has 1 saturated heterocycles. The lowest BCUT2D eigenvalue weighted by molar-refractivity contribution is -0.111. The Morgan fingerprint density at radius 1 is 1.41 bits per heavy atom. The summed E-state index contributed by atoms with van der Waals surface area (Å²) in [5, 5.41) is 0. The molecule has 0 bridgehead atoms. The van der Waals surface area contributed by atoms with Gasteiger partial charge in [0.1, 0.15) is 11.9 Å². The maximum absolute atomic E-state index is 11.9. The van der Waals surface area contributed by atoms with Gasteiger partial charge in [-0.1, -0.05) is 13.3 Å². The maximum Gasteiger partial charge on any atom is 0.410 e. The third-order valence-electron chi connectivity index (χ3n) is 2.98.